The molecule has 0 saturated carbocycles. The first kappa shape index (κ1) is 16.5. The predicted octanol–water partition coefficient (Wildman–Crippen LogP) is 6.09. The van der Waals surface area contributed by atoms with Crippen LogP contribution in [0.15, 0.2) is 60.1 Å². The molecule has 0 aliphatic heterocycles. The fraction of sp³-hybridized carbons (Fsp3) is 0. The van der Waals surface area contributed by atoms with Crippen LogP contribution in [0, 0.1) is 11.3 Å². The molecule has 1 aromatic heterocycles. The molecule has 0 amide bonds. The average Bonchev–Trinajstić information content (AvgIpc) is 3.09. The van der Waals surface area contributed by atoms with Crippen molar-refractivity contribution in [1.29, 1.82) is 5.26 Å². The highest BCUT2D eigenvalue weighted by molar-refractivity contribution is 7.11. The molecule has 1 heterocycles. The van der Waals surface area contributed by atoms with E-state index in [0.717, 1.165) is 16.9 Å². The Morgan fingerprint density at radius 1 is 1.12 bits per heavy atom. The summed E-state index contributed by atoms with van der Waals surface area (Å²) in [6.45, 7) is 0. The number of thiazole rings is 1. The molecule has 24 heavy (non-hydrogen) atoms. The van der Waals surface area contributed by atoms with E-state index in [2.05, 4.69) is 16.4 Å². The monoisotopic (exact) mass is 371 g/mol. The molecule has 118 valence electrons. The van der Waals surface area contributed by atoms with Gasteiger partial charge in [-0.25, -0.2) is 4.98 Å². The van der Waals surface area contributed by atoms with Crippen molar-refractivity contribution in [3.05, 3.63) is 75.2 Å². The van der Waals surface area contributed by atoms with Crippen molar-refractivity contribution in [3.63, 3.8) is 0 Å². The van der Waals surface area contributed by atoms with E-state index in [0.29, 0.717) is 20.6 Å². The summed E-state index contributed by atoms with van der Waals surface area (Å²) in [5.41, 5.74) is 3.08. The van der Waals surface area contributed by atoms with Crippen LogP contribution in [-0.2, 0) is 0 Å². The zero-order valence-corrected chi connectivity index (χ0v) is 14.7. The highest BCUT2D eigenvalue weighted by atomic mass is 35.5. The van der Waals surface area contributed by atoms with Crippen LogP contribution in [0.5, 0.6) is 0 Å². The summed E-state index contributed by atoms with van der Waals surface area (Å²) in [5.74, 6) is 0. The molecule has 3 rings (SSSR count). The van der Waals surface area contributed by atoms with Gasteiger partial charge in [0.05, 0.1) is 15.7 Å². The molecule has 2 aromatic carbocycles. The highest BCUT2D eigenvalue weighted by Crippen LogP contribution is 2.27. The van der Waals surface area contributed by atoms with Gasteiger partial charge < -0.3 is 5.32 Å². The normalized spacial score (nSPS) is 11.1. The van der Waals surface area contributed by atoms with Crippen LogP contribution in [0.25, 0.3) is 16.8 Å². The summed E-state index contributed by atoms with van der Waals surface area (Å²) < 4.78 is 0. The Labute approximate surface area is 153 Å². The lowest BCUT2D eigenvalue weighted by Crippen LogP contribution is -1.91. The minimum Gasteiger partial charge on any atom is -0.360 e. The van der Waals surface area contributed by atoms with Crippen LogP contribution in [-0.4, -0.2) is 4.98 Å². The van der Waals surface area contributed by atoms with Gasteiger partial charge in [-0.3, -0.25) is 0 Å². The van der Waals surface area contributed by atoms with Crippen molar-refractivity contribution in [2.45, 2.75) is 0 Å². The third kappa shape index (κ3) is 3.77. The molecule has 0 atom stereocenters. The SMILES string of the molecule is N#CC(=CNc1ccc(Cl)c(Cl)c1)c1nc(-c2ccccc2)cs1. The number of nitrogens with zero attached hydrogens (tertiary/aromatic N) is 2. The van der Waals surface area contributed by atoms with Gasteiger partial charge >= 0.3 is 0 Å². The topological polar surface area (TPSA) is 48.7 Å². The second kappa shape index (κ2) is 7.50. The summed E-state index contributed by atoms with van der Waals surface area (Å²) in [6, 6.07) is 17.2. The molecule has 0 saturated heterocycles. The Morgan fingerprint density at radius 2 is 1.92 bits per heavy atom. The molecule has 0 fully saturated rings. The minimum absolute atomic E-state index is 0.452. The van der Waals surface area contributed by atoms with Crippen LogP contribution in [0.3, 0.4) is 0 Å². The van der Waals surface area contributed by atoms with Crippen molar-refractivity contribution in [2.24, 2.45) is 0 Å². The van der Waals surface area contributed by atoms with Gasteiger partial charge in [0.15, 0.2) is 0 Å². The smallest absolute Gasteiger partial charge is 0.136 e. The third-order valence-electron chi connectivity index (χ3n) is 3.23. The van der Waals surface area contributed by atoms with Gasteiger partial charge in [0.2, 0.25) is 0 Å². The van der Waals surface area contributed by atoms with E-state index in [4.69, 9.17) is 23.2 Å². The van der Waals surface area contributed by atoms with Gasteiger partial charge in [-0.15, -0.1) is 11.3 Å². The number of halogens is 2. The number of benzene rings is 2. The van der Waals surface area contributed by atoms with Crippen LogP contribution < -0.4 is 5.32 Å². The first-order chi connectivity index (χ1) is 11.7. The van der Waals surface area contributed by atoms with Crippen molar-refractivity contribution < 1.29 is 0 Å². The standard InChI is InChI=1S/C18H11Cl2N3S/c19-15-7-6-14(8-16(15)20)22-10-13(9-21)18-23-17(11-24-18)12-4-2-1-3-5-12/h1-8,10-11,22H. The van der Waals surface area contributed by atoms with E-state index in [1.54, 1.807) is 24.4 Å². The van der Waals surface area contributed by atoms with E-state index >= 15 is 0 Å². The summed E-state index contributed by atoms with van der Waals surface area (Å²) in [5, 5.41) is 16.0. The fourth-order valence-electron chi connectivity index (χ4n) is 2.02. The number of allylic oxidation sites excluding steroid dienone is 1. The summed E-state index contributed by atoms with van der Waals surface area (Å²) in [7, 11) is 0. The maximum atomic E-state index is 9.40. The molecule has 0 bridgehead atoms. The largest absolute Gasteiger partial charge is 0.360 e. The van der Waals surface area contributed by atoms with Gasteiger partial charge in [-0.1, -0.05) is 53.5 Å². The van der Waals surface area contributed by atoms with E-state index in [1.807, 2.05) is 35.7 Å². The molecule has 6 heteroatoms. The number of hydrogen-bond donors (Lipinski definition) is 1. The molecule has 0 aliphatic carbocycles. The number of nitrogens with one attached hydrogen (secondary N) is 1. The second-order valence-electron chi connectivity index (χ2n) is 4.85. The number of anilines is 1. The van der Waals surface area contributed by atoms with Crippen molar-refractivity contribution >= 4 is 45.8 Å². The Balaban J connectivity index is 1.82. The molecule has 3 aromatic rings. The van der Waals surface area contributed by atoms with Crippen molar-refractivity contribution in [1.82, 2.24) is 4.98 Å². The Hall–Kier alpha value is -2.32. The Bertz CT molecular complexity index is 927. The number of nitriles is 1. The third-order valence-corrected chi connectivity index (χ3v) is 4.84. The molecule has 1 N–H and O–H groups in total. The fourth-order valence-corrected chi connectivity index (χ4v) is 3.11. The zero-order valence-electron chi connectivity index (χ0n) is 12.3. The zero-order chi connectivity index (χ0) is 16.9. The summed E-state index contributed by atoms with van der Waals surface area (Å²) in [4.78, 5) is 4.54. The Kier molecular flexibility index (Phi) is 5.17. The van der Waals surface area contributed by atoms with E-state index in [9.17, 15) is 5.26 Å². The van der Waals surface area contributed by atoms with Crippen LogP contribution in [0.2, 0.25) is 10.0 Å². The molecule has 3 nitrogen and oxygen atoms in total. The number of aromatic nitrogens is 1. The number of rotatable bonds is 4. The molecular formula is C18H11Cl2N3S. The quantitative estimate of drug-likeness (QED) is 0.564. The van der Waals surface area contributed by atoms with Gasteiger partial charge in [0.1, 0.15) is 16.6 Å². The van der Waals surface area contributed by atoms with Crippen LogP contribution in [0.4, 0.5) is 5.69 Å². The van der Waals surface area contributed by atoms with Gasteiger partial charge in [-0.2, -0.15) is 5.26 Å². The second-order valence-corrected chi connectivity index (χ2v) is 6.52. The van der Waals surface area contributed by atoms with Gasteiger partial charge in [0, 0.05) is 22.8 Å². The lowest BCUT2D eigenvalue weighted by atomic mass is 10.2. The first-order valence-corrected chi connectivity index (χ1v) is 8.64. The van der Waals surface area contributed by atoms with E-state index in [1.165, 1.54) is 11.3 Å². The predicted molar refractivity (Wildman–Crippen MR) is 101 cm³/mol. The molecule has 0 aliphatic rings. The van der Waals surface area contributed by atoms with E-state index < -0.39 is 0 Å². The average molecular weight is 372 g/mol. The molecule has 0 radical (unpaired) electrons. The number of hydrogen-bond acceptors (Lipinski definition) is 4. The minimum atomic E-state index is 0.452. The first-order valence-electron chi connectivity index (χ1n) is 7.00. The van der Waals surface area contributed by atoms with Crippen molar-refractivity contribution in [3.8, 4) is 17.3 Å². The van der Waals surface area contributed by atoms with Crippen LogP contribution >= 0.6 is 34.5 Å². The molecular weight excluding hydrogens is 361 g/mol. The Morgan fingerprint density at radius 3 is 2.62 bits per heavy atom. The van der Waals surface area contributed by atoms with Gasteiger partial charge in [-0.05, 0) is 18.2 Å². The summed E-state index contributed by atoms with van der Waals surface area (Å²) >= 11 is 13.3. The lowest BCUT2D eigenvalue weighted by molar-refractivity contribution is 1.36. The maximum Gasteiger partial charge on any atom is 0.136 e. The van der Waals surface area contributed by atoms with Gasteiger partial charge in [0.25, 0.3) is 0 Å². The highest BCUT2D eigenvalue weighted by Gasteiger charge is 2.09. The lowest BCUT2D eigenvalue weighted by Gasteiger charge is -2.03. The molecule has 0 spiro atoms. The molecule has 0 unspecified atom stereocenters. The van der Waals surface area contributed by atoms with Crippen LogP contribution in [0.1, 0.15) is 5.01 Å². The van der Waals surface area contributed by atoms with E-state index in [-0.39, 0.29) is 0 Å². The summed E-state index contributed by atoms with van der Waals surface area (Å²) in [6.07, 6.45) is 1.62. The van der Waals surface area contributed by atoms with Crippen molar-refractivity contribution in [2.75, 3.05) is 5.32 Å². The maximum absolute atomic E-state index is 9.40.